The molecule has 2 aromatic rings. The van der Waals surface area contributed by atoms with Crippen molar-refractivity contribution in [3.8, 4) is 0 Å². The molecule has 3 rings (SSSR count). The summed E-state index contributed by atoms with van der Waals surface area (Å²) in [6.45, 7) is 6.32. The largest absolute Gasteiger partial charge is 0.361 e. The third-order valence-corrected chi connectivity index (χ3v) is 4.33. The van der Waals surface area contributed by atoms with Crippen LogP contribution < -0.4 is 5.32 Å². The van der Waals surface area contributed by atoms with E-state index in [-0.39, 0.29) is 12.1 Å². The molecule has 21 heavy (non-hydrogen) atoms. The Morgan fingerprint density at radius 3 is 2.43 bits per heavy atom. The second kappa shape index (κ2) is 4.92. The number of nitrogens with one attached hydrogen (secondary N) is 1. The van der Waals surface area contributed by atoms with Crippen molar-refractivity contribution < 1.29 is 4.79 Å². The molecule has 0 radical (unpaired) electrons. The number of carbonyl (C=O) groups excluding carboxylic acids is 1. The molecule has 1 atom stereocenters. The maximum absolute atomic E-state index is 12.5. The van der Waals surface area contributed by atoms with Crippen LogP contribution in [0.1, 0.15) is 38.8 Å². The van der Waals surface area contributed by atoms with Crippen molar-refractivity contribution in [2.75, 3.05) is 12.4 Å². The van der Waals surface area contributed by atoms with Crippen molar-refractivity contribution in [2.45, 2.75) is 26.9 Å². The summed E-state index contributed by atoms with van der Waals surface area (Å²) in [4.78, 5) is 14.3. The van der Waals surface area contributed by atoms with Crippen molar-refractivity contribution in [3.05, 3.63) is 64.2 Å². The second-order valence-corrected chi connectivity index (χ2v) is 5.80. The smallest absolute Gasteiger partial charge is 0.257 e. The number of amides is 1. The number of hydrogen-bond acceptors (Lipinski definition) is 2. The molecule has 0 fully saturated rings. The summed E-state index contributed by atoms with van der Waals surface area (Å²) < 4.78 is 0. The Hall–Kier alpha value is -2.29. The van der Waals surface area contributed by atoms with Crippen LogP contribution in [0.3, 0.4) is 0 Å². The zero-order valence-corrected chi connectivity index (χ0v) is 12.9. The third-order valence-electron chi connectivity index (χ3n) is 4.33. The fourth-order valence-electron chi connectivity index (χ4n) is 2.91. The normalized spacial score (nSPS) is 17.4. The molecule has 3 nitrogen and oxygen atoms in total. The van der Waals surface area contributed by atoms with Gasteiger partial charge in [-0.2, -0.15) is 0 Å². The van der Waals surface area contributed by atoms with E-state index in [0.29, 0.717) is 0 Å². The molecule has 1 aliphatic rings. The molecule has 1 aliphatic heterocycles. The number of carbonyl (C=O) groups is 1. The Kier molecular flexibility index (Phi) is 3.20. The van der Waals surface area contributed by atoms with Crippen molar-refractivity contribution in [1.82, 2.24) is 4.90 Å². The van der Waals surface area contributed by atoms with Gasteiger partial charge in [0, 0.05) is 12.7 Å². The molecule has 0 aliphatic carbocycles. The SMILES string of the molecule is Cc1cc(C)c(C2Nc3ccccc3C(=O)N2C)cc1C. The Bertz CT molecular complexity index is 721. The zero-order valence-electron chi connectivity index (χ0n) is 12.9. The number of benzene rings is 2. The van der Waals surface area contributed by atoms with Gasteiger partial charge in [0.1, 0.15) is 6.17 Å². The molecule has 2 aromatic carbocycles. The van der Waals surface area contributed by atoms with Crippen LogP contribution in [0.5, 0.6) is 0 Å². The number of anilines is 1. The molecule has 1 unspecified atom stereocenters. The quantitative estimate of drug-likeness (QED) is 0.861. The van der Waals surface area contributed by atoms with E-state index in [1.165, 1.54) is 16.7 Å². The third kappa shape index (κ3) is 2.19. The Morgan fingerprint density at radius 2 is 1.67 bits per heavy atom. The van der Waals surface area contributed by atoms with Crippen molar-refractivity contribution >= 4 is 11.6 Å². The predicted octanol–water partition coefficient (Wildman–Crippen LogP) is 3.81. The monoisotopic (exact) mass is 280 g/mol. The number of hydrogen-bond donors (Lipinski definition) is 1. The first-order chi connectivity index (χ1) is 9.99. The molecule has 0 saturated heterocycles. The van der Waals surface area contributed by atoms with Gasteiger partial charge in [-0.3, -0.25) is 4.79 Å². The van der Waals surface area contributed by atoms with Crippen LogP contribution in [0.4, 0.5) is 5.69 Å². The summed E-state index contributed by atoms with van der Waals surface area (Å²) in [5.41, 5.74) is 6.53. The maximum Gasteiger partial charge on any atom is 0.257 e. The van der Waals surface area contributed by atoms with Gasteiger partial charge >= 0.3 is 0 Å². The first kappa shape index (κ1) is 13.7. The van der Waals surface area contributed by atoms with Gasteiger partial charge in [0.05, 0.1) is 5.56 Å². The van der Waals surface area contributed by atoms with E-state index in [1.54, 1.807) is 4.90 Å². The van der Waals surface area contributed by atoms with Crippen LogP contribution in [0.2, 0.25) is 0 Å². The highest BCUT2D eigenvalue weighted by atomic mass is 16.2. The summed E-state index contributed by atoms with van der Waals surface area (Å²) >= 11 is 0. The molecule has 1 amide bonds. The molecule has 1 N–H and O–H groups in total. The highest BCUT2D eigenvalue weighted by Crippen LogP contribution is 2.33. The molecule has 0 saturated carbocycles. The van der Waals surface area contributed by atoms with Gasteiger partial charge in [0.25, 0.3) is 5.91 Å². The first-order valence-corrected chi connectivity index (χ1v) is 7.19. The maximum atomic E-state index is 12.5. The lowest BCUT2D eigenvalue weighted by Gasteiger charge is -2.36. The standard InChI is InChI=1S/C18H20N2O/c1-11-9-13(3)15(10-12(11)2)17-19-16-8-6-5-7-14(16)18(21)20(17)4/h5-10,17,19H,1-4H3. The van der Waals surface area contributed by atoms with Gasteiger partial charge in [-0.05, 0) is 55.2 Å². The fraction of sp³-hybridized carbons (Fsp3) is 0.278. The van der Waals surface area contributed by atoms with Crippen LogP contribution in [-0.4, -0.2) is 17.9 Å². The van der Waals surface area contributed by atoms with Crippen molar-refractivity contribution in [2.24, 2.45) is 0 Å². The topological polar surface area (TPSA) is 32.3 Å². The molecule has 3 heteroatoms. The van der Waals surface area contributed by atoms with Gasteiger partial charge in [-0.25, -0.2) is 0 Å². The Morgan fingerprint density at radius 1 is 1.00 bits per heavy atom. The van der Waals surface area contributed by atoms with E-state index in [1.807, 2.05) is 31.3 Å². The lowest BCUT2D eigenvalue weighted by Crippen LogP contribution is -2.40. The van der Waals surface area contributed by atoms with E-state index in [0.717, 1.165) is 16.8 Å². The van der Waals surface area contributed by atoms with E-state index in [2.05, 4.69) is 38.2 Å². The number of aryl methyl sites for hydroxylation is 3. The zero-order chi connectivity index (χ0) is 15.1. The molecule has 108 valence electrons. The second-order valence-electron chi connectivity index (χ2n) is 5.80. The van der Waals surface area contributed by atoms with Gasteiger partial charge < -0.3 is 10.2 Å². The first-order valence-electron chi connectivity index (χ1n) is 7.19. The summed E-state index contributed by atoms with van der Waals surface area (Å²) in [5, 5.41) is 3.49. The van der Waals surface area contributed by atoms with Crippen molar-refractivity contribution in [1.29, 1.82) is 0 Å². The fourth-order valence-corrected chi connectivity index (χ4v) is 2.91. The Balaban J connectivity index is 2.09. The van der Waals surface area contributed by atoms with Gasteiger partial charge in [0.2, 0.25) is 0 Å². The summed E-state index contributed by atoms with van der Waals surface area (Å²) in [5.74, 6) is 0.0620. The van der Waals surface area contributed by atoms with Crippen LogP contribution in [-0.2, 0) is 0 Å². The summed E-state index contributed by atoms with van der Waals surface area (Å²) in [6.07, 6.45) is -0.119. The molecular weight excluding hydrogens is 260 g/mol. The highest BCUT2D eigenvalue weighted by Gasteiger charge is 2.30. The number of nitrogens with zero attached hydrogens (tertiary/aromatic N) is 1. The molecule has 1 heterocycles. The lowest BCUT2D eigenvalue weighted by atomic mass is 9.96. The van der Waals surface area contributed by atoms with Crippen LogP contribution >= 0.6 is 0 Å². The van der Waals surface area contributed by atoms with Gasteiger partial charge in [0.15, 0.2) is 0 Å². The van der Waals surface area contributed by atoms with E-state index in [4.69, 9.17) is 0 Å². The average Bonchev–Trinajstić information content (AvgIpc) is 2.47. The van der Waals surface area contributed by atoms with Gasteiger partial charge in [-0.1, -0.05) is 24.3 Å². The average molecular weight is 280 g/mol. The lowest BCUT2D eigenvalue weighted by molar-refractivity contribution is 0.0735. The van der Waals surface area contributed by atoms with Crippen molar-refractivity contribution in [3.63, 3.8) is 0 Å². The van der Waals surface area contributed by atoms with E-state index in [9.17, 15) is 4.79 Å². The Labute approximate surface area is 125 Å². The number of fused-ring (bicyclic) bond motifs is 1. The van der Waals surface area contributed by atoms with Crippen LogP contribution in [0.15, 0.2) is 36.4 Å². The summed E-state index contributed by atoms with van der Waals surface area (Å²) in [6, 6.07) is 12.0. The predicted molar refractivity (Wildman–Crippen MR) is 85.6 cm³/mol. The summed E-state index contributed by atoms with van der Waals surface area (Å²) in [7, 11) is 1.85. The molecule has 0 bridgehead atoms. The number of para-hydroxylation sites is 1. The minimum Gasteiger partial charge on any atom is -0.361 e. The van der Waals surface area contributed by atoms with Crippen LogP contribution in [0, 0.1) is 20.8 Å². The minimum atomic E-state index is -0.119. The van der Waals surface area contributed by atoms with E-state index >= 15 is 0 Å². The van der Waals surface area contributed by atoms with Crippen LogP contribution in [0.25, 0.3) is 0 Å². The van der Waals surface area contributed by atoms with E-state index < -0.39 is 0 Å². The molecule has 0 aromatic heterocycles. The minimum absolute atomic E-state index is 0.0620. The van der Waals surface area contributed by atoms with Gasteiger partial charge in [-0.15, -0.1) is 0 Å². The highest BCUT2D eigenvalue weighted by molar-refractivity contribution is 6.01. The molecular formula is C18H20N2O. The molecule has 0 spiro atoms. The number of rotatable bonds is 1.